The summed E-state index contributed by atoms with van der Waals surface area (Å²) >= 11 is 0. The van der Waals surface area contributed by atoms with Gasteiger partial charge in [-0.2, -0.15) is 5.26 Å². The highest BCUT2D eigenvalue weighted by Crippen LogP contribution is 2.32. The van der Waals surface area contributed by atoms with E-state index in [-0.39, 0.29) is 5.76 Å². The molecule has 1 heterocycles. The van der Waals surface area contributed by atoms with E-state index in [0.717, 1.165) is 24.4 Å². The lowest BCUT2D eigenvalue weighted by molar-refractivity contribution is 0.305. The van der Waals surface area contributed by atoms with E-state index in [1.54, 1.807) is 0 Å². The Hall–Kier alpha value is -1.99. The average molecular weight is 256 g/mol. The number of furan rings is 1. The number of nitriles is 1. The van der Waals surface area contributed by atoms with Crippen LogP contribution >= 0.6 is 0 Å². The number of hydrogen-bond acceptors (Lipinski definition) is 4. The maximum atomic E-state index is 9.07. The fourth-order valence-corrected chi connectivity index (χ4v) is 2.08. The first-order valence-electron chi connectivity index (χ1n) is 6.66. The average Bonchev–Trinajstić information content (AvgIpc) is 3.19. The molecule has 1 saturated carbocycles. The summed E-state index contributed by atoms with van der Waals surface area (Å²) in [5.41, 5.74) is 0.699. The van der Waals surface area contributed by atoms with Gasteiger partial charge in [-0.15, -0.1) is 0 Å². The Morgan fingerprint density at radius 1 is 1.37 bits per heavy atom. The molecule has 0 spiro atoms. The Labute approximate surface area is 112 Å². The van der Waals surface area contributed by atoms with Gasteiger partial charge in [0.05, 0.1) is 12.0 Å². The Morgan fingerprint density at radius 2 is 2.21 bits per heavy atom. The molecule has 4 nitrogen and oxygen atoms in total. The van der Waals surface area contributed by atoms with Crippen molar-refractivity contribution in [3.8, 4) is 11.8 Å². The van der Waals surface area contributed by atoms with Gasteiger partial charge in [0.25, 0.3) is 0 Å². The van der Waals surface area contributed by atoms with Crippen molar-refractivity contribution in [2.45, 2.75) is 25.3 Å². The smallest absolute Gasteiger partial charge is 0.246 e. The third-order valence-corrected chi connectivity index (χ3v) is 3.23. The Balaban J connectivity index is 1.63. The zero-order chi connectivity index (χ0) is 13.1. The molecule has 0 saturated heterocycles. The third-order valence-electron chi connectivity index (χ3n) is 3.23. The lowest BCUT2D eigenvalue weighted by Gasteiger charge is -2.05. The van der Waals surface area contributed by atoms with Crippen molar-refractivity contribution < 1.29 is 9.15 Å². The van der Waals surface area contributed by atoms with Crippen molar-refractivity contribution in [3.63, 3.8) is 0 Å². The molecule has 19 heavy (non-hydrogen) atoms. The van der Waals surface area contributed by atoms with Crippen LogP contribution in [0.1, 0.15) is 25.0 Å². The molecule has 4 heteroatoms. The van der Waals surface area contributed by atoms with E-state index in [4.69, 9.17) is 14.4 Å². The predicted octanol–water partition coefficient (Wildman–Crippen LogP) is 2.83. The van der Waals surface area contributed by atoms with E-state index < -0.39 is 0 Å². The zero-order valence-electron chi connectivity index (χ0n) is 10.7. The molecule has 1 fully saturated rings. The van der Waals surface area contributed by atoms with E-state index in [2.05, 4.69) is 5.32 Å². The fraction of sp³-hybridized carbons (Fsp3) is 0.400. The second kappa shape index (κ2) is 5.33. The predicted molar refractivity (Wildman–Crippen MR) is 72.1 cm³/mol. The minimum atomic E-state index is 0.261. The molecule has 1 aromatic heterocycles. The second-order valence-electron chi connectivity index (χ2n) is 4.80. The van der Waals surface area contributed by atoms with Gasteiger partial charge in [0.1, 0.15) is 11.7 Å². The van der Waals surface area contributed by atoms with Gasteiger partial charge >= 0.3 is 0 Å². The van der Waals surface area contributed by atoms with Crippen LogP contribution < -0.4 is 10.1 Å². The van der Waals surface area contributed by atoms with Gasteiger partial charge in [-0.1, -0.05) is 12.1 Å². The van der Waals surface area contributed by atoms with Crippen LogP contribution in [0.5, 0.6) is 5.75 Å². The van der Waals surface area contributed by atoms with E-state index in [1.165, 1.54) is 12.8 Å². The minimum Gasteiger partial charge on any atom is -0.488 e. The van der Waals surface area contributed by atoms with Crippen LogP contribution in [0.2, 0.25) is 0 Å². The number of fused-ring (bicyclic) bond motifs is 1. The summed E-state index contributed by atoms with van der Waals surface area (Å²) < 4.78 is 11.2. The maximum absolute atomic E-state index is 9.07. The molecule has 2 aromatic rings. The van der Waals surface area contributed by atoms with Crippen LogP contribution in [0.3, 0.4) is 0 Å². The highest BCUT2D eigenvalue weighted by atomic mass is 16.5. The van der Waals surface area contributed by atoms with Crippen molar-refractivity contribution in [3.05, 3.63) is 30.0 Å². The molecule has 1 aliphatic carbocycles. The summed E-state index contributed by atoms with van der Waals surface area (Å²) in [7, 11) is 0. The lowest BCUT2D eigenvalue weighted by Crippen LogP contribution is -2.19. The standard InChI is InChI=1S/C15H16N2O2/c16-10-14-15(12-4-1-2-5-13(12)19-14)18-9-3-8-17-11-6-7-11/h1-2,4-5,11,17H,3,6-9H2. The molecule has 0 amide bonds. The van der Waals surface area contributed by atoms with Crippen LogP contribution in [0.4, 0.5) is 0 Å². The van der Waals surface area contributed by atoms with Crippen LogP contribution in [0, 0.1) is 11.3 Å². The van der Waals surface area contributed by atoms with Gasteiger partial charge in [-0.3, -0.25) is 0 Å². The molecular weight excluding hydrogens is 240 g/mol. The van der Waals surface area contributed by atoms with Crippen molar-refractivity contribution in [1.82, 2.24) is 5.32 Å². The first kappa shape index (κ1) is 12.1. The first-order valence-corrected chi connectivity index (χ1v) is 6.66. The third kappa shape index (κ3) is 2.72. The van der Waals surface area contributed by atoms with E-state index in [0.29, 0.717) is 17.9 Å². The molecule has 1 aromatic carbocycles. The van der Waals surface area contributed by atoms with Gasteiger partial charge < -0.3 is 14.5 Å². The molecule has 1 N–H and O–H groups in total. The Bertz CT molecular complexity index is 608. The Kier molecular flexibility index (Phi) is 3.39. The number of nitrogens with one attached hydrogen (secondary N) is 1. The van der Waals surface area contributed by atoms with Crippen LogP contribution in [0.25, 0.3) is 11.0 Å². The van der Waals surface area contributed by atoms with Crippen LogP contribution in [0.15, 0.2) is 28.7 Å². The molecule has 0 atom stereocenters. The molecule has 0 radical (unpaired) electrons. The lowest BCUT2D eigenvalue weighted by atomic mass is 10.2. The number of ether oxygens (including phenoxy) is 1. The van der Waals surface area contributed by atoms with Gasteiger partial charge in [-0.25, -0.2) is 0 Å². The molecule has 0 bridgehead atoms. The summed E-state index contributed by atoms with van der Waals surface area (Å²) in [5, 5.41) is 13.4. The van der Waals surface area contributed by atoms with Gasteiger partial charge in [0, 0.05) is 6.04 Å². The summed E-state index contributed by atoms with van der Waals surface area (Å²) in [4.78, 5) is 0. The fourth-order valence-electron chi connectivity index (χ4n) is 2.08. The summed E-state index contributed by atoms with van der Waals surface area (Å²) in [6.07, 6.45) is 3.53. The van der Waals surface area contributed by atoms with Crippen LogP contribution in [-0.4, -0.2) is 19.2 Å². The normalized spacial score (nSPS) is 14.5. The van der Waals surface area contributed by atoms with Gasteiger partial charge in [0.15, 0.2) is 5.75 Å². The molecule has 1 aliphatic rings. The second-order valence-corrected chi connectivity index (χ2v) is 4.80. The topological polar surface area (TPSA) is 58.2 Å². The molecule has 0 unspecified atom stereocenters. The number of rotatable bonds is 6. The van der Waals surface area contributed by atoms with E-state index >= 15 is 0 Å². The van der Waals surface area contributed by atoms with Crippen molar-refractivity contribution >= 4 is 11.0 Å². The Morgan fingerprint density at radius 3 is 3.00 bits per heavy atom. The highest BCUT2D eigenvalue weighted by Gasteiger charge is 2.19. The molecular formula is C15H16N2O2. The number of hydrogen-bond donors (Lipinski definition) is 1. The number of benzene rings is 1. The van der Waals surface area contributed by atoms with Crippen molar-refractivity contribution in [1.29, 1.82) is 5.26 Å². The van der Waals surface area contributed by atoms with E-state index in [1.807, 2.05) is 30.3 Å². The van der Waals surface area contributed by atoms with Crippen molar-refractivity contribution in [2.75, 3.05) is 13.2 Å². The summed E-state index contributed by atoms with van der Waals surface area (Å²) in [6, 6.07) is 10.3. The van der Waals surface area contributed by atoms with Gasteiger partial charge in [0.2, 0.25) is 5.76 Å². The molecule has 3 rings (SSSR count). The van der Waals surface area contributed by atoms with E-state index in [9.17, 15) is 0 Å². The van der Waals surface area contributed by atoms with Gasteiger partial charge in [-0.05, 0) is 37.9 Å². The number of nitrogens with zero attached hydrogens (tertiary/aromatic N) is 1. The molecule has 0 aliphatic heterocycles. The SMILES string of the molecule is N#Cc1oc2ccccc2c1OCCCNC1CC1. The monoisotopic (exact) mass is 256 g/mol. The maximum Gasteiger partial charge on any atom is 0.246 e. The summed E-state index contributed by atoms with van der Waals surface area (Å²) in [5.74, 6) is 0.834. The largest absolute Gasteiger partial charge is 0.488 e. The summed E-state index contributed by atoms with van der Waals surface area (Å²) in [6.45, 7) is 1.56. The highest BCUT2D eigenvalue weighted by molar-refractivity contribution is 5.86. The zero-order valence-corrected chi connectivity index (χ0v) is 10.7. The van der Waals surface area contributed by atoms with Crippen molar-refractivity contribution in [2.24, 2.45) is 0 Å². The first-order chi connectivity index (χ1) is 9.38. The quantitative estimate of drug-likeness (QED) is 0.807. The minimum absolute atomic E-state index is 0.261. The number of para-hydroxylation sites is 1. The van der Waals surface area contributed by atoms with Crippen LogP contribution in [-0.2, 0) is 0 Å². The molecule has 98 valence electrons.